The van der Waals surface area contributed by atoms with Gasteiger partial charge in [-0.1, -0.05) is 42.8 Å². The van der Waals surface area contributed by atoms with E-state index in [4.69, 9.17) is 20.8 Å². The van der Waals surface area contributed by atoms with Gasteiger partial charge in [0.15, 0.2) is 10.9 Å². The number of esters is 1. The van der Waals surface area contributed by atoms with Crippen LogP contribution in [-0.4, -0.2) is 32.6 Å². The summed E-state index contributed by atoms with van der Waals surface area (Å²) >= 11 is 7.52. The Balaban J connectivity index is 2.03. The van der Waals surface area contributed by atoms with Gasteiger partial charge in [0.05, 0.1) is 18.6 Å². The lowest BCUT2D eigenvalue weighted by atomic mass is 10.2. The topological polar surface area (TPSA) is 70.2 Å². The van der Waals surface area contributed by atoms with Crippen molar-refractivity contribution in [1.82, 2.24) is 14.8 Å². The Hall–Kier alpha value is -2.25. The third-order valence-electron chi connectivity index (χ3n) is 3.79. The number of thioether (sulfide) groups is 1. The molecule has 0 bridgehead atoms. The van der Waals surface area contributed by atoms with E-state index < -0.39 is 0 Å². The first-order valence-corrected chi connectivity index (χ1v) is 9.98. The molecule has 0 saturated carbocycles. The highest BCUT2D eigenvalue weighted by Gasteiger charge is 2.26. The van der Waals surface area contributed by atoms with Crippen molar-refractivity contribution in [2.45, 2.75) is 37.1 Å². The number of hydrogen-bond donors (Lipinski definition) is 0. The highest BCUT2D eigenvalue weighted by Crippen LogP contribution is 2.32. The number of carbonyl (C=O) groups is 1. The third-order valence-corrected chi connectivity index (χ3v) is 5.21. The monoisotopic (exact) mass is 405 g/mol. The average Bonchev–Trinajstić information content (AvgIpc) is 3.31. The third kappa shape index (κ3) is 4.54. The zero-order valence-corrected chi connectivity index (χ0v) is 16.7. The Labute approximate surface area is 166 Å². The second-order valence-electron chi connectivity index (χ2n) is 5.75. The van der Waals surface area contributed by atoms with Crippen molar-refractivity contribution < 1.29 is 13.9 Å². The van der Waals surface area contributed by atoms with E-state index in [1.54, 1.807) is 25.3 Å². The van der Waals surface area contributed by atoms with Crippen LogP contribution in [0.5, 0.6) is 0 Å². The number of aromatic nitrogens is 3. The molecule has 1 atom stereocenters. The number of rotatable bonds is 8. The van der Waals surface area contributed by atoms with Crippen LogP contribution in [0.1, 0.15) is 26.7 Å². The van der Waals surface area contributed by atoms with Crippen molar-refractivity contribution in [3.05, 3.63) is 47.7 Å². The zero-order valence-electron chi connectivity index (χ0n) is 15.1. The van der Waals surface area contributed by atoms with Gasteiger partial charge in [-0.2, -0.15) is 0 Å². The van der Waals surface area contributed by atoms with Gasteiger partial charge < -0.3 is 9.15 Å². The maximum Gasteiger partial charge on any atom is 0.319 e. The predicted molar refractivity (Wildman–Crippen MR) is 105 cm³/mol. The summed E-state index contributed by atoms with van der Waals surface area (Å²) in [5.41, 5.74) is 0.792. The highest BCUT2D eigenvalue weighted by molar-refractivity contribution is 8.00. The van der Waals surface area contributed by atoms with Gasteiger partial charge in [0.25, 0.3) is 0 Å². The lowest BCUT2D eigenvalue weighted by Crippen LogP contribution is -2.20. The number of carbonyl (C=O) groups excluding carboxylic acids is 1. The fourth-order valence-electron chi connectivity index (χ4n) is 2.61. The van der Waals surface area contributed by atoms with Crippen LogP contribution in [0.2, 0.25) is 5.02 Å². The number of nitrogens with zero attached hydrogens (tertiary/aromatic N) is 3. The quantitative estimate of drug-likeness (QED) is 0.387. The summed E-state index contributed by atoms with van der Waals surface area (Å²) < 4.78 is 12.6. The molecule has 8 heteroatoms. The molecule has 3 aromatic rings. The van der Waals surface area contributed by atoms with Crippen LogP contribution >= 0.6 is 23.4 Å². The minimum atomic E-state index is -0.360. The number of benzene rings is 1. The van der Waals surface area contributed by atoms with Gasteiger partial charge in [0.2, 0.25) is 5.82 Å². The Morgan fingerprint density at radius 3 is 2.81 bits per heavy atom. The molecule has 0 radical (unpaired) electrons. The van der Waals surface area contributed by atoms with Gasteiger partial charge in [0.1, 0.15) is 5.25 Å². The van der Waals surface area contributed by atoms with Crippen LogP contribution in [0.4, 0.5) is 0 Å². The lowest BCUT2D eigenvalue weighted by Gasteiger charge is -2.15. The molecule has 0 fully saturated rings. The van der Waals surface area contributed by atoms with Crippen molar-refractivity contribution in [2.75, 3.05) is 6.61 Å². The first-order valence-electron chi connectivity index (χ1n) is 8.72. The van der Waals surface area contributed by atoms with E-state index in [1.165, 1.54) is 11.8 Å². The lowest BCUT2D eigenvalue weighted by molar-refractivity contribution is -0.142. The minimum absolute atomic E-state index is 0.246. The summed E-state index contributed by atoms with van der Waals surface area (Å²) in [6.07, 6.45) is 3.12. The maximum atomic E-state index is 12.3. The summed E-state index contributed by atoms with van der Waals surface area (Å²) in [5, 5.41) is 9.41. The summed E-state index contributed by atoms with van der Waals surface area (Å²) in [7, 11) is 0. The van der Waals surface area contributed by atoms with Gasteiger partial charge in [-0.25, -0.2) is 0 Å². The molecule has 0 saturated heterocycles. The van der Waals surface area contributed by atoms with E-state index >= 15 is 0 Å². The van der Waals surface area contributed by atoms with Crippen LogP contribution in [0.25, 0.3) is 17.3 Å². The van der Waals surface area contributed by atoms with E-state index in [1.807, 2.05) is 35.8 Å². The summed E-state index contributed by atoms with van der Waals surface area (Å²) in [6.45, 7) is 4.18. The van der Waals surface area contributed by atoms with Gasteiger partial charge >= 0.3 is 5.97 Å². The number of furan rings is 1. The van der Waals surface area contributed by atoms with E-state index in [0.29, 0.717) is 34.8 Å². The smallest absolute Gasteiger partial charge is 0.319 e. The van der Waals surface area contributed by atoms with Crippen LogP contribution in [0.3, 0.4) is 0 Å². The van der Waals surface area contributed by atoms with E-state index in [9.17, 15) is 4.79 Å². The largest absolute Gasteiger partial charge is 0.465 e. The number of hydrogen-bond acceptors (Lipinski definition) is 6. The molecule has 0 N–H and O–H groups in total. The van der Waals surface area contributed by atoms with Gasteiger partial charge in [-0.05, 0) is 43.7 Å². The SMILES string of the molecule is CCC[C@H](Sc1nnc(-c2ccco2)n1-c1cccc(Cl)c1)C(=O)OCC. The van der Waals surface area contributed by atoms with Crippen molar-refractivity contribution in [3.63, 3.8) is 0 Å². The molecule has 1 aromatic carbocycles. The Morgan fingerprint density at radius 1 is 1.30 bits per heavy atom. The van der Waals surface area contributed by atoms with E-state index in [0.717, 1.165) is 12.1 Å². The number of halogens is 1. The van der Waals surface area contributed by atoms with Crippen LogP contribution < -0.4 is 0 Å². The summed E-state index contributed by atoms with van der Waals surface area (Å²) in [4.78, 5) is 12.3. The molecule has 0 aliphatic rings. The Kier molecular flexibility index (Phi) is 6.58. The Morgan fingerprint density at radius 2 is 2.15 bits per heavy atom. The first-order chi connectivity index (χ1) is 13.1. The molecular formula is C19H20ClN3O3S. The van der Waals surface area contributed by atoms with E-state index in [-0.39, 0.29) is 11.2 Å². The molecule has 0 amide bonds. The molecule has 0 aliphatic heterocycles. The molecule has 2 heterocycles. The fraction of sp³-hybridized carbons (Fsp3) is 0.316. The summed E-state index contributed by atoms with van der Waals surface area (Å²) in [5.74, 6) is 0.880. The number of ether oxygens (including phenoxy) is 1. The first kappa shape index (κ1) is 19.5. The molecule has 6 nitrogen and oxygen atoms in total. The molecule has 0 spiro atoms. The van der Waals surface area contributed by atoms with Crippen molar-refractivity contribution in [1.29, 1.82) is 0 Å². The van der Waals surface area contributed by atoms with Crippen molar-refractivity contribution in [2.24, 2.45) is 0 Å². The molecule has 27 heavy (non-hydrogen) atoms. The standard InChI is InChI=1S/C19H20ClN3O3S/c1-3-7-16(18(24)25-4-2)27-19-22-21-17(15-10-6-11-26-15)23(19)14-9-5-8-13(20)12-14/h5-6,8-12,16H,3-4,7H2,1-2H3/t16-/m0/s1. The van der Waals surface area contributed by atoms with Crippen molar-refractivity contribution >= 4 is 29.3 Å². The zero-order chi connectivity index (χ0) is 19.2. The molecule has 2 aromatic heterocycles. The van der Waals surface area contributed by atoms with Gasteiger partial charge in [-0.15, -0.1) is 10.2 Å². The van der Waals surface area contributed by atoms with Gasteiger partial charge in [-0.3, -0.25) is 9.36 Å². The fourth-order valence-corrected chi connectivity index (χ4v) is 3.95. The molecule has 142 valence electrons. The average molecular weight is 406 g/mol. The highest BCUT2D eigenvalue weighted by atomic mass is 35.5. The van der Waals surface area contributed by atoms with E-state index in [2.05, 4.69) is 10.2 Å². The minimum Gasteiger partial charge on any atom is -0.465 e. The second kappa shape index (κ2) is 9.10. The summed E-state index contributed by atoms with van der Waals surface area (Å²) in [6, 6.07) is 11.0. The molecule has 3 rings (SSSR count). The van der Waals surface area contributed by atoms with Crippen LogP contribution in [-0.2, 0) is 9.53 Å². The van der Waals surface area contributed by atoms with Crippen LogP contribution in [0.15, 0.2) is 52.2 Å². The predicted octanol–water partition coefficient (Wildman–Crippen LogP) is 5.00. The second-order valence-corrected chi connectivity index (χ2v) is 7.35. The maximum absolute atomic E-state index is 12.3. The normalized spacial score (nSPS) is 12.1. The van der Waals surface area contributed by atoms with Crippen molar-refractivity contribution in [3.8, 4) is 17.3 Å². The molecular weight excluding hydrogens is 386 g/mol. The molecule has 0 unspecified atom stereocenters. The van der Waals surface area contributed by atoms with Crippen LogP contribution in [0, 0.1) is 0 Å². The Bertz CT molecular complexity index is 896. The molecule has 0 aliphatic carbocycles. The van der Waals surface area contributed by atoms with Gasteiger partial charge in [0, 0.05) is 5.02 Å².